The summed E-state index contributed by atoms with van der Waals surface area (Å²) in [7, 11) is 0. The molecule has 1 amide bonds. The first kappa shape index (κ1) is 13.2. The number of phenolic OH excluding ortho intramolecular Hbond substituents is 1. The molecule has 2 aromatic rings. The summed E-state index contributed by atoms with van der Waals surface area (Å²) in [5.41, 5.74) is -1.43. The lowest BCUT2D eigenvalue weighted by Crippen LogP contribution is -2.18. The third kappa shape index (κ3) is 2.61. The van der Waals surface area contributed by atoms with Crippen LogP contribution in [0.25, 0.3) is 0 Å². The number of H-pyrrole nitrogens is 1. The van der Waals surface area contributed by atoms with E-state index in [0.29, 0.717) is 0 Å². The molecule has 9 heteroatoms. The van der Waals surface area contributed by atoms with E-state index in [1.165, 1.54) is 12.1 Å². The van der Waals surface area contributed by atoms with Crippen LogP contribution in [-0.2, 0) is 0 Å². The SMILES string of the molecule is O=C(Nc1c(O)cccc1[N+](=O)[O-])c1ccc(=O)[nH]n1. The minimum atomic E-state index is -0.800. The summed E-state index contributed by atoms with van der Waals surface area (Å²) in [6, 6.07) is 5.85. The first-order chi connectivity index (χ1) is 9.49. The van der Waals surface area contributed by atoms with Crippen molar-refractivity contribution in [2.75, 3.05) is 5.32 Å². The van der Waals surface area contributed by atoms with Gasteiger partial charge in [-0.15, -0.1) is 0 Å². The van der Waals surface area contributed by atoms with Crippen molar-refractivity contribution in [2.24, 2.45) is 0 Å². The van der Waals surface area contributed by atoms with Crippen LogP contribution in [0.2, 0.25) is 0 Å². The average molecular weight is 276 g/mol. The van der Waals surface area contributed by atoms with E-state index in [-0.39, 0.29) is 11.4 Å². The topological polar surface area (TPSA) is 138 Å². The lowest BCUT2D eigenvalue weighted by atomic mass is 10.2. The number of nitrogens with zero attached hydrogens (tertiary/aromatic N) is 2. The molecule has 1 aromatic carbocycles. The molecule has 3 N–H and O–H groups in total. The highest BCUT2D eigenvalue weighted by Crippen LogP contribution is 2.33. The summed E-state index contributed by atoms with van der Waals surface area (Å²) >= 11 is 0. The number of para-hydroxylation sites is 1. The molecule has 102 valence electrons. The van der Waals surface area contributed by atoms with Crippen molar-refractivity contribution in [1.29, 1.82) is 0 Å². The zero-order chi connectivity index (χ0) is 14.7. The maximum Gasteiger partial charge on any atom is 0.296 e. The smallest absolute Gasteiger partial charge is 0.296 e. The molecule has 0 aliphatic rings. The van der Waals surface area contributed by atoms with Gasteiger partial charge < -0.3 is 10.4 Å². The molecular weight excluding hydrogens is 268 g/mol. The number of rotatable bonds is 3. The van der Waals surface area contributed by atoms with Crippen molar-refractivity contribution in [1.82, 2.24) is 10.2 Å². The number of carbonyl (C=O) groups is 1. The van der Waals surface area contributed by atoms with Gasteiger partial charge >= 0.3 is 0 Å². The van der Waals surface area contributed by atoms with Crippen LogP contribution >= 0.6 is 0 Å². The van der Waals surface area contributed by atoms with E-state index in [4.69, 9.17) is 0 Å². The summed E-state index contributed by atoms with van der Waals surface area (Å²) in [4.78, 5) is 32.7. The summed E-state index contributed by atoms with van der Waals surface area (Å²) in [6.45, 7) is 0. The largest absolute Gasteiger partial charge is 0.505 e. The predicted octanol–water partition coefficient (Wildman–Crippen LogP) is 0.636. The van der Waals surface area contributed by atoms with Gasteiger partial charge in [0.15, 0.2) is 5.69 Å². The number of phenols is 1. The highest BCUT2D eigenvalue weighted by molar-refractivity contribution is 6.04. The number of amides is 1. The summed E-state index contributed by atoms with van der Waals surface area (Å²) < 4.78 is 0. The fourth-order valence-corrected chi connectivity index (χ4v) is 1.46. The van der Waals surface area contributed by atoms with Crippen LogP contribution in [0.5, 0.6) is 5.75 Å². The number of carbonyl (C=O) groups excluding carboxylic acids is 1. The fraction of sp³-hybridized carbons (Fsp3) is 0. The zero-order valence-corrected chi connectivity index (χ0v) is 9.86. The predicted molar refractivity (Wildman–Crippen MR) is 67.6 cm³/mol. The van der Waals surface area contributed by atoms with Gasteiger partial charge in [0.25, 0.3) is 17.2 Å². The Hall–Kier alpha value is -3.23. The molecule has 0 unspecified atom stereocenters. The van der Waals surface area contributed by atoms with Crippen LogP contribution in [-0.4, -0.2) is 26.1 Å². The second kappa shape index (κ2) is 5.18. The van der Waals surface area contributed by atoms with E-state index < -0.39 is 27.8 Å². The van der Waals surface area contributed by atoms with Gasteiger partial charge in [-0.3, -0.25) is 19.7 Å². The first-order valence-corrected chi connectivity index (χ1v) is 5.32. The highest BCUT2D eigenvalue weighted by atomic mass is 16.6. The number of anilines is 1. The third-order valence-electron chi connectivity index (χ3n) is 2.37. The minimum absolute atomic E-state index is 0.151. The van der Waals surface area contributed by atoms with Gasteiger partial charge in [0.1, 0.15) is 11.4 Å². The van der Waals surface area contributed by atoms with Gasteiger partial charge in [0, 0.05) is 12.1 Å². The lowest BCUT2D eigenvalue weighted by Gasteiger charge is -2.06. The Morgan fingerprint density at radius 1 is 1.35 bits per heavy atom. The normalized spacial score (nSPS) is 10.0. The average Bonchev–Trinajstić information content (AvgIpc) is 2.41. The van der Waals surface area contributed by atoms with Crippen molar-refractivity contribution in [3.8, 4) is 5.75 Å². The molecule has 0 aliphatic carbocycles. The number of benzene rings is 1. The minimum Gasteiger partial charge on any atom is -0.505 e. The van der Waals surface area contributed by atoms with E-state index >= 15 is 0 Å². The van der Waals surface area contributed by atoms with Gasteiger partial charge in [-0.05, 0) is 12.1 Å². The van der Waals surface area contributed by atoms with Gasteiger partial charge in [-0.1, -0.05) is 6.07 Å². The number of aromatic nitrogens is 2. The molecule has 1 heterocycles. The van der Waals surface area contributed by atoms with E-state index in [9.17, 15) is 24.8 Å². The van der Waals surface area contributed by atoms with Crippen LogP contribution < -0.4 is 10.9 Å². The van der Waals surface area contributed by atoms with Crippen molar-refractivity contribution < 1.29 is 14.8 Å². The van der Waals surface area contributed by atoms with E-state index in [0.717, 1.165) is 18.2 Å². The zero-order valence-electron chi connectivity index (χ0n) is 9.86. The number of aromatic hydroxyl groups is 1. The second-order valence-corrected chi connectivity index (χ2v) is 3.69. The number of nitrogens with one attached hydrogen (secondary N) is 2. The van der Waals surface area contributed by atoms with Crippen LogP contribution in [0.1, 0.15) is 10.5 Å². The molecular formula is C11H8N4O5. The summed E-state index contributed by atoms with van der Waals surface area (Å²) in [5.74, 6) is -1.25. The highest BCUT2D eigenvalue weighted by Gasteiger charge is 2.20. The van der Waals surface area contributed by atoms with E-state index in [1.807, 2.05) is 0 Å². The number of nitro benzene ring substituents is 1. The molecule has 0 saturated heterocycles. The van der Waals surface area contributed by atoms with Gasteiger partial charge in [0.2, 0.25) is 0 Å². The Labute approximate surface area is 111 Å². The maximum atomic E-state index is 11.8. The molecule has 0 fully saturated rings. The Morgan fingerprint density at radius 3 is 2.70 bits per heavy atom. The van der Waals surface area contributed by atoms with Crippen molar-refractivity contribution in [2.45, 2.75) is 0 Å². The summed E-state index contributed by atoms with van der Waals surface area (Å²) in [5, 5.41) is 28.1. The molecule has 0 bridgehead atoms. The molecule has 0 spiro atoms. The van der Waals surface area contributed by atoms with Gasteiger partial charge in [0.05, 0.1) is 4.92 Å². The van der Waals surface area contributed by atoms with Gasteiger partial charge in [-0.2, -0.15) is 5.10 Å². The van der Waals surface area contributed by atoms with Gasteiger partial charge in [-0.25, -0.2) is 5.10 Å². The molecule has 20 heavy (non-hydrogen) atoms. The Kier molecular flexibility index (Phi) is 3.42. The lowest BCUT2D eigenvalue weighted by molar-refractivity contribution is -0.384. The standard InChI is InChI=1S/C11H8N4O5/c16-8-3-1-2-7(15(19)20)10(8)12-11(18)6-4-5-9(17)14-13-6/h1-5,16H,(H,12,18)(H,14,17). The molecule has 0 radical (unpaired) electrons. The monoisotopic (exact) mass is 276 g/mol. The third-order valence-corrected chi connectivity index (χ3v) is 2.37. The maximum absolute atomic E-state index is 11.8. The first-order valence-electron chi connectivity index (χ1n) is 5.32. The number of hydrogen-bond donors (Lipinski definition) is 3. The molecule has 2 rings (SSSR count). The number of hydrogen-bond acceptors (Lipinski definition) is 6. The quantitative estimate of drug-likeness (QED) is 0.427. The number of aromatic amines is 1. The Balaban J connectivity index is 2.35. The Morgan fingerprint density at radius 2 is 2.10 bits per heavy atom. The van der Waals surface area contributed by atoms with Crippen molar-refractivity contribution in [3.63, 3.8) is 0 Å². The molecule has 0 atom stereocenters. The molecule has 0 saturated carbocycles. The summed E-state index contributed by atoms with van der Waals surface area (Å²) in [6.07, 6.45) is 0. The van der Waals surface area contributed by atoms with E-state index in [1.54, 1.807) is 0 Å². The van der Waals surface area contributed by atoms with Crippen molar-refractivity contribution >= 4 is 17.3 Å². The molecule has 9 nitrogen and oxygen atoms in total. The fourth-order valence-electron chi connectivity index (χ4n) is 1.46. The Bertz CT molecular complexity index is 719. The molecule has 1 aromatic heterocycles. The van der Waals surface area contributed by atoms with Crippen LogP contribution in [0.4, 0.5) is 11.4 Å². The van der Waals surface area contributed by atoms with Crippen molar-refractivity contribution in [3.05, 3.63) is 56.5 Å². The van der Waals surface area contributed by atoms with Crippen LogP contribution in [0.15, 0.2) is 35.1 Å². The van der Waals surface area contributed by atoms with Crippen LogP contribution in [0, 0.1) is 10.1 Å². The van der Waals surface area contributed by atoms with Crippen LogP contribution in [0.3, 0.4) is 0 Å². The molecule has 0 aliphatic heterocycles. The van der Waals surface area contributed by atoms with E-state index in [2.05, 4.69) is 15.5 Å². The second-order valence-electron chi connectivity index (χ2n) is 3.69. The number of nitro groups is 1.